The molecule has 4 nitrogen and oxygen atoms in total. The summed E-state index contributed by atoms with van der Waals surface area (Å²) in [6.07, 6.45) is 1.81. The average molecular weight is 311 g/mol. The first-order valence-corrected chi connectivity index (χ1v) is 8.40. The fourth-order valence-electron chi connectivity index (χ4n) is 4.10. The molecule has 0 saturated heterocycles. The summed E-state index contributed by atoms with van der Waals surface area (Å²) >= 11 is 0. The summed E-state index contributed by atoms with van der Waals surface area (Å²) < 4.78 is 0. The van der Waals surface area contributed by atoms with Gasteiger partial charge in [-0.25, -0.2) is 0 Å². The monoisotopic (exact) mass is 311 g/mol. The predicted octanol–water partition coefficient (Wildman–Crippen LogP) is 4.18. The molecule has 122 valence electrons. The summed E-state index contributed by atoms with van der Waals surface area (Å²) in [4.78, 5) is 13.5. The Morgan fingerprint density at radius 3 is 2.17 bits per heavy atom. The fourth-order valence-corrected chi connectivity index (χ4v) is 4.10. The van der Waals surface area contributed by atoms with Crippen molar-refractivity contribution >= 4 is 23.0 Å². The lowest BCUT2D eigenvalue weighted by molar-refractivity contribution is -0.105. The zero-order chi connectivity index (χ0) is 16.8. The lowest BCUT2D eigenvalue weighted by Crippen LogP contribution is -2.35. The molecule has 0 spiro atoms. The number of aromatic nitrogens is 3. The number of carbonyl (C=O) groups is 1. The number of rotatable bonds is 4. The van der Waals surface area contributed by atoms with Crippen molar-refractivity contribution < 1.29 is 4.79 Å². The van der Waals surface area contributed by atoms with Crippen LogP contribution in [0.2, 0.25) is 0 Å². The molecule has 23 heavy (non-hydrogen) atoms. The van der Waals surface area contributed by atoms with Crippen molar-refractivity contribution in [2.75, 3.05) is 0 Å². The highest BCUT2D eigenvalue weighted by Crippen LogP contribution is 2.55. The number of carbonyl (C=O) groups excluding carboxylic acids is 1. The highest BCUT2D eigenvalue weighted by molar-refractivity contribution is 5.87. The molecule has 0 saturated carbocycles. The average Bonchev–Trinajstić information content (AvgIpc) is 3.05. The Morgan fingerprint density at radius 2 is 1.74 bits per heavy atom. The van der Waals surface area contributed by atoms with E-state index in [1.807, 2.05) is 24.3 Å². The topological polar surface area (TPSA) is 47.8 Å². The Labute approximate surface area is 137 Å². The highest BCUT2D eigenvalue weighted by atomic mass is 16.1. The van der Waals surface area contributed by atoms with Gasteiger partial charge in [0.15, 0.2) is 0 Å². The molecule has 2 aromatic rings. The Kier molecular flexibility index (Phi) is 3.86. The molecular formula is C19H25N3O. The third-order valence-electron chi connectivity index (χ3n) is 5.66. The summed E-state index contributed by atoms with van der Waals surface area (Å²) in [5.74, 6) is 1.32. The van der Waals surface area contributed by atoms with Gasteiger partial charge in [-0.15, -0.1) is 10.2 Å². The van der Waals surface area contributed by atoms with Gasteiger partial charge in [0.25, 0.3) is 0 Å². The second-order valence-corrected chi connectivity index (χ2v) is 7.46. The van der Waals surface area contributed by atoms with E-state index in [0.29, 0.717) is 17.8 Å². The van der Waals surface area contributed by atoms with E-state index >= 15 is 0 Å². The molecule has 4 heteroatoms. The van der Waals surface area contributed by atoms with Crippen LogP contribution in [0.25, 0.3) is 16.7 Å². The Bertz CT molecular complexity index is 739. The third kappa shape index (κ3) is 2.32. The second kappa shape index (κ2) is 5.59. The molecule has 0 radical (unpaired) electrons. The molecule has 0 aliphatic heterocycles. The molecule has 2 atom stereocenters. The molecule has 1 aliphatic carbocycles. The predicted molar refractivity (Wildman–Crippen MR) is 92.7 cm³/mol. The molecule has 0 N–H and O–H groups in total. The van der Waals surface area contributed by atoms with Crippen molar-refractivity contribution in [2.45, 2.75) is 41.0 Å². The minimum absolute atomic E-state index is 0.112. The van der Waals surface area contributed by atoms with Crippen LogP contribution in [-0.2, 0) is 4.79 Å². The number of fused-ring (bicyclic) bond motifs is 1. The van der Waals surface area contributed by atoms with Gasteiger partial charge in [0.1, 0.15) is 17.3 Å². The van der Waals surface area contributed by atoms with E-state index in [1.54, 1.807) is 4.80 Å². The summed E-state index contributed by atoms with van der Waals surface area (Å²) in [6.45, 7) is 11.2. The number of allylic oxidation sites excluding steroid dienone is 2. The van der Waals surface area contributed by atoms with E-state index in [1.165, 1.54) is 0 Å². The first-order valence-electron chi connectivity index (χ1n) is 8.40. The smallest absolute Gasteiger partial charge is 0.147 e. The van der Waals surface area contributed by atoms with Gasteiger partial charge in [-0.1, -0.05) is 46.8 Å². The Morgan fingerprint density at radius 1 is 1.17 bits per heavy atom. The maximum Gasteiger partial charge on any atom is 0.147 e. The van der Waals surface area contributed by atoms with Crippen molar-refractivity contribution in [1.29, 1.82) is 0 Å². The molecule has 1 aliphatic rings. The first-order chi connectivity index (χ1) is 10.9. The van der Waals surface area contributed by atoms with Gasteiger partial charge < -0.3 is 0 Å². The van der Waals surface area contributed by atoms with Crippen molar-refractivity contribution in [3.63, 3.8) is 0 Å². The summed E-state index contributed by atoms with van der Waals surface area (Å²) in [5.41, 5.74) is 3.45. The normalized spacial score (nSPS) is 25.1. The lowest BCUT2D eigenvalue weighted by Gasteiger charge is -2.40. The highest BCUT2D eigenvalue weighted by Gasteiger charge is 2.49. The molecule has 0 amide bonds. The Hall–Kier alpha value is -1.97. The number of nitrogens with zero attached hydrogens (tertiary/aromatic N) is 3. The van der Waals surface area contributed by atoms with Gasteiger partial charge >= 0.3 is 0 Å². The zero-order valence-corrected chi connectivity index (χ0v) is 14.6. The standard InChI is InChI=1S/C19H25N3O/c1-12(2)15-10-14(11-23)18(19(15,5)13(3)4)22-20-16-8-6-7-9-17(16)21-22/h6-9,11-13,15H,10H2,1-5H3/t15?,19-/m0/s1. The van der Waals surface area contributed by atoms with Gasteiger partial charge in [-0.05, 0) is 36.3 Å². The minimum atomic E-state index is -0.112. The maximum absolute atomic E-state index is 11.8. The molecule has 0 fully saturated rings. The van der Waals surface area contributed by atoms with Gasteiger partial charge in [-0.2, -0.15) is 4.80 Å². The molecular weight excluding hydrogens is 286 g/mol. The number of benzene rings is 1. The maximum atomic E-state index is 11.8. The van der Waals surface area contributed by atoms with Gasteiger partial charge in [0.05, 0.1) is 5.70 Å². The van der Waals surface area contributed by atoms with E-state index in [4.69, 9.17) is 0 Å². The molecule has 1 heterocycles. The molecule has 1 aromatic carbocycles. The van der Waals surface area contributed by atoms with Gasteiger partial charge in [-0.3, -0.25) is 4.79 Å². The largest absolute Gasteiger partial charge is 0.298 e. The van der Waals surface area contributed by atoms with Crippen LogP contribution in [0.15, 0.2) is 29.8 Å². The third-order valence-corrected chi connectivity index (χ3v) is 5.66. The van der Waals surface area contributed by atoms with Crippen molar-refractivity contribution in [1.82, 2.24) is 15.0 Å². The zero-order valence-electron chi connectivity index (χ0n) is 14.6. The van der Waals surface area contributed by atoms with E-state index in [-0.39, 0.29) is 5.41 Å². The van der Waals surface area contributed by atoms with Crippen LogP contribution in [0.4, 0.5) is 0 Å². The first kappa shape index (κ1) is 15.9. The van der Waals surface area contributed by atoms with Crippen LogP contribution in [0, 0.1) is 23.2 Å². The van der Waals surface area contributed by atoms with Crippen molar-refractivity contribution in [3.05, 3.63) is 29.8 Å². The van der Waals surface area contributed by atoms with Crippen LogP contribution in [0.5, 0.6) is 0 Å². The van der Waals surface area contributed by atoms with E-state index < -0.39 is 0 Å². The van der Waals surface area contributed by atoms with Crippen LogP contribution in [-0.4, -0.2) is 21.3 Å². The fraction of sp³-hybridized carbons (Fsp3) is 0.526. The summed E-state index contributed by atoms with van der Waals surface area (Å²) in [7, 11) is 0. The van der Waals surface area contributed by atoms with Crippen LogP contribution in [0.1, 0.15) is 41.0 Å². The number of aldehydes is 1. The quantitative estimate of drug-likeness (QED) is 0.796. The van der Waals surface area contributed by atoms with Crippen LogP contribution in [0.3, 0.4) is 0 Å². The molecule has 1 unspecified atom stereocenters. The van der Waals surface area contributed by atoms with E-state index in [9.17, 15) is 4.79 Å². The van der Waals surface area contributed by atoms with Crippen molar-refractivity contribution in [3.8, 4) is 0 Å². The minimum Gasteiger partial charge on any atom is -0.298 e. The van der Waals surface area contributed by atoms with Crippen LogP contribution >= 0.6 is 0 Å². The molecule has 1 aromatic heterocycles. The molecule has 0 bridgehead atoms. The van der Waals surface area contributed by atoms with E-state index in [0.717, 1.165) is 35.0 Å². The van der Waals surface area contributed by atoms with Gasteiger partial charge in [0, 0.05) is 11.0 Å². The number of hydrogen-bond acceptors (Lipinski definition) is 3. The lowest BCUT2D eigenvalue weighted by atomic mass is 9.66. The van der Waals surface area contributed by atoms with Crippen molar-refractivity contribution in [2.24, 2.45) is 23.2 Å². The summed E-state index contributed by atoms with van der Waals surface area (Å²) in [5, 5.41) is 9.31. The second-order valence-electron chi connectivity index (χ2n) is 7.46. The van der Waals surface area contributed by atoms with Crippen LogP contribution < -0.4 is 0 Å². The Balaban J connectivity index is 2.21. The summed E-state index contributed by atoms with van der Waals surface area (Å²) in [6, 6.07) is 7.84. The van der Waals surface area contributed by atoms with E-state index in [2.05, 4.69) is 44.8 Å². The van der Waals surface area contributed by atoms with Gasteiger partial charge in [0.2, 0.25) is 0 Å². The molecule has 3 rings (SSSR count). The SMILES string of the molecule is CC(C)C1CC(C=O)=C(n2nc3ccccc3n2)[C@@]1(C)C(C)C. The number of hydrogen-bond donors (Lipinski definition) is 0.